The van der Waals surface area contributed by atoms with Crippen LogP contribution in [0.25, 0.3) is 0 Å². The molecule has 0 amide bonds. The monoisotopic (exact) mass is 269 g/mol. The van der Waals surface area contributed by atoms with E-state index in [1.54, 1.807) is 0 Å². The van der Waals surface area contributed by atoms with Crippen LogP contribution in [-0.2, 0) is 0 Å². The van der Waals surface area contributed by atoms with E-state index in [4.69, 9.17) is 4.74 Å². The van der Waals surface area contributed by atoms with Crippen LogP contribution in [0.15, 0.2) is 60.7 Å². The molecule has 3 heteroatoms. The Morgan fingerprint density at radius 2 is 1.55 bits per heavy atom. The molecule has 0 N–H and O–H groups in total. The van der Waals surface area contributed by atoms with Crippen molar-refractivity contribution in [2.24, 2.45) is 0 Å². The first-order valence-corrected chi connectivity index (χ1v) is 6.62. The molecule has 0 fully saturated rings. The molecule has 0 aliphatic carbocycles. The van der Waals surface area contributed by atoms with Gasteiger partial charge in [-0.2, -0.15) is 0 Å². The molecule has 20 heavy (non-hydrogen) atoms. The maximum Gasteiger partial charge on any atom is 0.204 e. The number of hydrogen-bond acceptors (Lipinski definition) is 3. The Morgan fingerprint density at radius 3 is 2.10 bits per heavy atom. The van der Waals surface area contributed by atoms with Crippen molar-refractivity contribution in [2.45, 2.75) is 6.10 Å². The van der Waals surface area contributed by atoms with Gasteiger partial charge in [0.05, 0.1) is 0 Å². The third-order valence-electron chi connectivity index (χ3n) is 2.90. The van der Waals surface area contributed by atoms with Gasteiger partial charge in [0, 0.05) is 12.1 Å². The predicted octanol–water partition coefficient (Wildman–Crippen LogP) is 2.88. The van der Waals surface area contributed by atoms with Gasteiger partial charge in [-0.05, 0) is 26.2 Å². The minimum atomic E-state index is -0.505. The molecule has 0 aliphatic rings. The molecule has 2 rings (SSSR count). The van der Waals surface area contributed by atoms with Gasteiger partial charge in [-0.25, -0.2) is 0 Å². The van der Waals surface area contributed by atoms with E-state index in [0.29, 0.717) is 17.9 Å². The van der Waals surface area contributed by atoms with Gasteiger partial charge in [0.2, 0.25) is 5.78 Å². The Morgan fingerprint density at radius 1 is 1.00 bits per heavy atom. The van der Waals surface area contributed by atoms with Crippen molar-refractivity contribution in [1.82, 2.24) is 4.90 Å². The summed E-state index contributed by atoms with van der Waals surface area (Å²) in [6.07, 6.45) is -0.505. The predicted molar refractivity (Wildman–Crippen MR) is 80.2 cm³/mol. The summed E-state index contributed by atoms with van der Waals surface area (Å²) in [4.78, 5) is 14.5. The van der Waals surface area contributed by atoms with E-state index in [9.17, 15) is 4.79 Å². The second-order valence-electron chi connectivity index (χ2n) is 4.91. The van der Waals surface area contributed by atoms with Crippen LogP contribution in [0, 0.1) is 0 Å². The Labute approximate surface area is 119 Å². The van der Waals surface area contributed by atoms with Gasteiger partial charge in [0.25, 0.3) is 0 Å². The van der Waals surface area contributed by atoms with E-state index in [1.807, 2.05) is 79.7 Å². The van der Waals surface area contributed by atoms with E-state index in [1.165, 1.54) is 0 Å². The number of ether oxygens (including phenoxy) is 1. The average Bonchev–Trinajstić information content (AvgIpc) is 2.47. The number of hydrogen-bond donors (Lipinski definition) is 0. The normalized spacial score (nSPS) is 12.2. The number of benzene rings is 2. The Kier molecular flexibility index (Phi) is 4.91. The molecule has 104 valence electrons. The van der Waals surface area contributed by atoms with Crippen molar-refractivity contribution in [1.29, 1.82) is 0 Å². The summed E-state index contributed by atoms with van der Waals surface area (Å²) in [5, 5.41) is 0. The molecular formula is C17H19NO2. The fourth-order valence-electron chi connectivity index (χ4n) is 1.96. The van der Waals surface area contributed by atoms with Gasteiger partial charge in [-0.1, -0.05) is 48.5 Å². The highest BCUT2D eigenvalue weighted by atomic mass is 16.5. The summed E-state index contributed by atoms with van der Waals surface area (Å²) >= 11 is 0. The Hall–Kier alpha value is -2.13. The summed E-state index contributed by atoms with van der Waals surface area (Å²) in [5.41, 5.74) is 0.676. The van der Waals surface area contributed by atoms with Gasteiger partial charge < -0.3 is 9.64 Å². The van der Waals surface area contributed by atoms with Gasteiger partial charge in [-0.3, -0.25) is 4.79 Å². The molecule has 0 unspecified atom stereocenters. The first-order chi connectivity index (χ1) is 9.66. The van der Waals surface area contributed by atoms with Gasteiger partial charge >= 0.3 is 0 Å². The van der Waals surface area contributed by atoms with Crippen LogP contribution in [0.4, 0.5) is 0 Å². The smallest absolute Gasteiger partial charge is 0.204 e. The van der Waals surface area contributed by atoms with E-state index in [-0.39, 0.29) is 5.78 Å². The van der Waals surface area contributed by atoms with Gasteiger partial charge in [-0.15, -0.1) is 0 Å². The molecular weight excluding hydrogens is 250 g/mol. The molecule has 0 heterocycles. The lowest BCUT2D eigenvalue weighted by molar-refractivity contribution is 0.0744. The van der Waals surface area contributed by atoms with Gasteiger partial charge in [0.15, 0.2) is 6.10 Å². The fraction of sp³-hybridized carbons (Fsp3) is 0.235. The third-order valence-corrected chi connectivity index (χ3v) is 2.90. The number of nitrogens with zero attached hydrogens (tertiary/aromatic N) is 1. The number of ketones is 1. The van der Waals surface area contributed by atoms with Crippen LogP contribution >= 0.6 is 0 Å². The molecule has 0 saturated heterocycles. The number of Topliss-reactive ketones (excluding diaryl/α,β-unsaturated/α-hetero) is 1. The zero-order valence-electron chi connectivity index (χ0n) is 11.8. The summed E-state index contributed by atoms with van der Waals surface area (Å²) in [5.74, 6) is 0.715. The molecule has 0 bridgehead atoms. The summed E-state index contributed by atoms with van der Waals surface area (Å²) in [7, 11) is 3.86. The molecule has 2 aromatic rings. The SMILES string of the molecule is CN(C)C[C@H](Oc1ccccc1)C(=O)c1ccccc1. The lowest BCUT2D eigenvalue weighted by atomic mass is 10.1. The van der Waals surface area contributed by atoms with Crippen LogP contribution in [-0.4, -0.2) is 37.4 Å². The quantitative estimate of drug-likeness (QED) is 0.755. The van der Waals surface area contributed by atoms with Crippen LogP contribution in [0.3, 0.4) is 0 Å². The van der Waals surface area contributed by atoms with Crippen LogP contribution in [0.5, 0.6) is 5.75 Å². The number of para-hydroxylation sites is 1. The van der Waals surface area contributed by atoms with Crippen LogP contribution in [0.1, 0.15) is 10.4 Å². The lowest BCUT2D eigenvalue weighted by Crippen LogP contribution is -2.37. The van der Waals surface area contributed by atoms with Crippen molar-refractivity contribution in [3.8, 4) is 5.75 Å². The molecule has 0 radical (unpaired) electrons. The van der Waals surface area contributed by atoms with Crippen molar-refractivity contribution < 1.29 is 9.53 Å². The second kappa shape index (κ2) is 6.87. The van der Waals surface area contributed by atoms with Crippen LogP contribution in [0.2, 0.25) is 0 Å². The highest BCUT2D eigenvalue weighted by Gasteiger charge is 2.22. The molecule has 0 saturated carbocycles. The highest BCUT2D eigenvalue weighted by Crippen LogP contribution is 2.14. The number of likely N-dealkylation sites (N-methyl/N-ethyl adjacent to an activating group) is 1. The first kappa shape index (κ1) is 14.3. The summed E-state index contributed by atoms with van der Waals surface area (Å²) < 4.78 is 5.85. The molecule has 1 atom stereocenters. The number of rotatable bonds is 6. The van der Waals surface area contributed by atoms with Crippen LogP contribution < -0.4 is 4.74 Å². The van der Waals surface area contributed by atoms with Crippen molar-refractivity contribution in [2.75, 3.05) is 20.6 Å². The standard InChI is InChI=1S/C17H19NO2/c1-18(2)13-16(20-15-11-7-4-8-12-15)17(19)14-9-5-3-6-10-14/h3-12,16H,13H2,1-2H3/t16-/m0/s1. The van der Waals surface area contributed by atoms with Crippen molar-refractivity contribution >= 4 is 5.78 Å². The average molecular weight is 269 g/mol. The van der Waals surface area contributed by atoms with E-state index >= 15 is 0 Å². The van der Waals surface area contributed by atoms with E-state index in [2.05, 4.69) is 0 Å². The van der Waals surface area contributed by atoms with Crippen molar-refractivity contribution in [3.05, 3.63) is 66.2 Å². The lowest BCUT2D eigenvalue weighted by Gasteiger charge is -2.21. The maximum atomic E-state index is 12.5. The summed E-state index contributed by atoms with van der Waals surface area (Å²) in [6, 6.07) is 18.7. The van der Waals surface area contributed by atoms with E-state index < -0.39 is 6.10 Å². The Bertz CT molecular complexity index is 537. The maximum absolute atomic E-state index is 12.5. The zero-order valence-corrected chi connectivity index (χ0v) is 11.8. The van der Waals surface area contributed by atoms with E-state index in [0.717, 1.165) is 0 Å². The second-order valence-corrected chi connectivity index (χ2v) is 4.91. The highest BCUT2D eigenvalue weighted by molar-refractivity contribution is 5.99. The molecule has 0 aromatic heterocycles. The Balaban J connectivity index is 2.17. The van der Waals surface area contributed by atoms with Crippen molar-refractivity contribution in [3.63, 3.8) is 0 Å². The topological polar surface area (TPSA) is 29.5 Å². The third kappa shape index (κ3) is 3.93. The molecule has 0 aliphatic heterocycles. The molecule has 0 spiro atoms. The first-order valence-electron chi connectivity index (χ1n) is 6.62. The zero-order chi connectivity index (χ0) is 14.4. The number of carbonyl (C=O) groups excluding carboxylic acids is 1. The minimum absolute atomic E-state index is 0.00292. The fourth-order valence-corrected chi connectivity index (χ4v) is 1.96. The minimum Gasteiger partial charge on any atom is -0.481 e. The molecule has 3 nitrogen and oxygen atoms in total. The largest absolute Gasteiger partial charge is 0.481 e. The number of carbonyl (C=O) groups is 1. The van der Waals surface area contributed by atoms with Gasteiger partial charge in [0.1, 0.15) is 5.75 Å². The molecule has 2 aromatic carbocycles. The summed E-state index contributed by atoms with van der Waals surface area (Å²) in [6.45, 7) is 0.544.